The molecule has 0 aromatic carbocycles. The van der Waals surface area contributed by atoms with E-state index in [1.54, 1.807) is 0 Å². The highest BCUT2D eigenvalue weighted by atomic mass is 16.1. The summed E-state index contributed by atoms with van der Waals surface area (Å²) in [4.78, 5) is 14.5. The Bertz CT molecular complexity index is 288. The summed E-state index contributed by atoms with van der Waals surface area (Å²) in [5, 5.41) is 0. The molecule has 0 radical (unpaired) electrons. The van der Waals surface area contributed by atoms with Crippen LogP contribution in [0.4, 0.5) is 0 Å². The molecule has 1 aromatic rings. The second-order valence-electron chi connectivity index (χ2n) is 3.17. The third kappa shape index (κ3) is 0.897. The molecular weight excluding hydrogens is 138 g/mol. The van der Waals surface area contributed by atoms with Crippen LogP contribution < -0.4 is 0 Å². The van der Waals surface area contributed by atoms with E-state index in [2.05, 4.69) is 4.98 Å². The van der Waals surface area contributed by atoms with Crippen LogP contribution in [0.25, 0.3) is 0 Å². The first-order chi connectivity index (χ1) is 5.29. The molecule has 11 heavy (non-hydrogen) atoms. The molecule has 0 spiro atoms. The van der Waals surface area contributed by atoms with E-state index in [0.717, 1.165) is 24.1 Å². The first-order valence-corrected chi connectivity index (χ1v) is 3.99. The van der Waals surface area contributed by atoms with E-state index in [4.69, 9.17) is 0 Å². The number of carbonyl (C=O) groups excluding carboxylic acids is 1. The number of carbonyl (C=O) groups is 1. The molecule has 2 rings (SSSR count). The van der Waals surface area contributed by atoms with E-state index < -0.39 is 0 Å². The molecule has 1 aromatic heterocycles. The number of fused-ring (bicyclic) bond motifs is 1. The van der Waals surface area contributed by atoms with Crippen LogP contribution in [0.1, 0.15) is 29.4 Å². The SMILES string of the molecule is CC1CCc2[nH]ccc2C1=O. The molecule has 1 aliphatic rings. The van der Waals surface area contributed by atoms with Crippen molar-refractivity contribution in [2.75, 3.05) is 0 Å². The maximum absolute atomic E-state index is 11.5. The maximum Gasteiger partial charge on any atom is 0.167 e. The van der Waals surface area contributed by atoms with Gasteiger partial charge < -0.3 is 4.98 Å². The second kappa shape index (κ2) is 2.22. The number of ketones is 1. The third-order valence-electron chi connectivity index (χ3n) is 2.37. The van der Waals surface area contributed by atoms with Gasteiger partial charge in [-0.1, -0.05) is 6.92 Å². The molecule has 1 unspecified atom stereocenters. The van der Waals surface area contributed by atoms with Gasteiger partial charge in [-0.15, -0.1) is 0 Å². The third-order valence-corrected chi connectivity index (χ3v) is 2.37. The molecular formula is C9H11NO. The van der Waals surface area contributed by atoms with Crippen molar-refractivity contribution in [2.45, 2.75) is 19.8 Å². The number of aromatic nitrogens is 1. The number of aromatic amines is 1. The normalized spacial score (nSPS) is 23.4. The van der Waals surface area contributed by atoms with Gasteiger partial charge in [-0.2, -0.15) is 0 Å². The minimum atomic E-state index is 0.221. The van der Waals surface area contributed by atoms with E-state index in [1.807, 2.05) is 19.2 Å². The monoisotopic (exact) mass is 149 g/mol. The molecule has 1 N–H and O–H groups in total. The Morgan fingerprint density at radius 1 is 1.64 bits per heavy atom. The predicted molar refractivity (Wildman–Crippen MR) is 42.6 cm³/mol. The standard InChI is InChI=1S/C9H11NO/c1-6-2-3-8-7(9(6)11)4-5-10-8/h4-6,10H,2-3H2,1H3. The molecule has 0 amide bonds. The number of hydrogen-bond donors (Lipinski definition) is 1. The van der Waals surface area contributed by atoms with Crippen LogP contribution in [0.15, 0.2) is 12.3 Å². The first kappa shape index (κ1) is 6.65. The summed E-state index contributed by atoms with van der Waals surface area (Å²) >= 11 is 0. The smallest absolute Gasteiger partial charge is 0.167 e. The lowest BCUT2D eigenvalue weighted by Gasteiger charge is -2.16. The van der Waals surface area contributed by atoms with Gasteiger partial charge in [0.2, 0.25) is 0 Å². The average molecular weight is 149 g/mol. The predicted octanol–water partition coefficient (Wildman–Crippen LogP) is 1.78. The quantitative estimate of drug-likeness (QED) is 0.599. The highest BCUT2D eigenvalue weighted by molar-refractivity contribution is 5.99. The molecule has 58 valence electrons. The Labute approximate surface area is 65.6 Å². The molecule has 0 saturated carbocycles. The summed E-state index contributed by atoms with van der Waals surface area (Å²) in [6.45, 7) is 2.00. The number of aryl methyl sites for hydroxylation is 1. The summed E-state index contributed by atoms with van der Waals surface area (Å²) in [5.74, 6) is 0.519. The lowest BCUT2D eigenvalue weighted by atomic mass is 9.88. The zero-order chi connectivity index (χ0) is 7.84. The number of rotatable bonds is 0. The molecule has 0 fully saturated rings. The van der Waals surface area contributed by atoms with E-state index in [1.165, 1.54) is 0 Å². The van der Waals surface area contributed by atoms with Crippen LogP contribution >= 0.6 is 0 Å². The molecule has 1 atom stereocenters. The highest BCUT2D eigenvalue weighted by Gasteiger charge is 2.23. The van der Waals surface area contributed by atoms with Gasteiger partial charge in [0.15, 0.2) is 5.78 Å². The zero-order valence-electron chi connectivity index (χ0n) is 6.55. The Balaban J connectivity index is 2.46. The van der Waals surface area contributed by atoms with Gasteiger partial charge in [-0.05, 0) is 18.9 Å². The highest BCUT2D eigenvalue weighted by Crippen LogP contribution is 2.23. The topological polar surface area (TPSA) is 32.9 Å². The fraction of sp³-hybridized carbons (Fsp3) is 0.444. The van der Waals surface area contributed by atoms with Crippen LogP contribution in [0.2, 0.25) is 0 Å². The Morgan fingerprint density at radius 3 is 3.27 bits per heavy atom. The molecule has 0 saturated heterocycles. The van der Waals surface area contributed by atoms with Gasteiger partial charge in [-0.3, -0.25) is 4.79 Å². The molecule has 1 aliphatic carbocycles. The maximum atomic E-state index is 11.5. The fourth-order valence-corrected chi connectivity index (χ4v) is 1.60. The van der Waals surface area contributed by atoms with E-state index in [-0.39, 0.29) is 5.92 Å². The van der Waals surface area contributed by atoms with Crippen LogP contribution in [-0.4, -0.2) is 10.8 Å². The van der Waals surface area contributed by atoms with Gasteiger partial charge in [0.25, 0.3) is 0 Å². The van der Waals surface area contributed by atoms with Crippen molar-refractivity contribution in [3.63, 3.8) is 0 Å². The van der Waals surface area contributed by atoms with Gasteiger partial charge in [0, 0.05) is 23.4 Å². The Kier molecular flexibility index (Phi) is 1.34. The van der Waals surface area contributed by atoms with Gasteiger partial charge in [-0.25, -0.2) is 0 Å². The lowest BCUT2D eigenvalue weighted by molar-refractivity contribution is 0.0913. The molecule has 2 nitrogen and oxygen atoms in total. The van der Waals surface area contributed by atoms with Crippen molar-refractivity contribution in [1.82, 2.24) is 4.98 Å². The van der Waals surface area contributed by atoms with Crippen molar-refractivity contribution in [1.29, 1.82) is 0 Å². The van der Waals surface area contributed by atoms with E-state index >= 15 is 0 Å². The average Bonchev–Trinajstić information content (AvgIpc) is 2.45. The number of Topliss-reactive ketones (excluding diaryl/α,β-unsaturated/α-hetero) is 1. The number of nitrogens with one attached hydrogen (secondary N) is 1. The molecule has 1 heterocycles. The van der Waals surface area contributed by atoms with Crippen molar-refractivity contribution < 1.29 is 4.79 Å². The lowest BCUT2D eigenvalue weighted by Crippen LogP contribution is -2.18. The van der Waals surface area contributed by atoms with E-state index in [0.29, 0.717) is 5.78 Å². The van der Waals surface area contributed by atoms with Crippen molar-refractivity contribution in [3.05, 3.63) is 23.5 Å². The van der Waals surface area contributed by atoms with Crippen LogP contribution in [-0.2, 0) is 6.42 Å². The zero-order valence-corrected chi connectivity index (χ0v) is 6.55. The van der Waals surface area contributed by atoms with Gasteiger partial charge in [0.1, 0.15) is 0 Å². The summed E-state index contributed by atoms with van der Waals surface area (Å²) in [6.07, 6.45) is 3.86. The van der Waals surface area contributed by atoms with Crippen molar-refractivity contribution >= 4 is 5.78 Å². The second-order valence-corrected chi connectivity index (χ2v) is 3.17. The van der Waals surface area contributed by atoms with Crippen LogP contribution in [0.5, 0.6) is 0 Å². The number of H-pyrrole nitrogens is 1. The fourth-order valence-electron chi connectivity index (χ4n) is 1.60. The minimum Gasteiger partial charge on any atom is -0.364 e. The first-order valence-electron chi connectivity index (χ1n) is 3.99. The number of hydrogen-bond acceptors (Lipinski definition) is 1. The summed E-state index contributed by atoms with van der Waals surface area (Å²) in [6, 6.07) is 1.88. The minimum absolute atomic E-state index is 0.221. The van der Waals surface area contributed by atoms with Gasteiger partial charge in [0.05, 0.1) is 0 Å². The molecule has 0 bridgehead atoms. The largest absolute Gasteiger partial charge is 0.364 e. The van der Waals surface area contributed by atoms with Crippen molar-refractivity contribution in [2.24, 2.45) is 5.92 Å². The summed E-state index contributed by atoms with van der Waals surface area (Å²) in [5.41, 5.74) is 2.02. The summed E-state index contributed by atoms with van der Waals surface area (Å²) in [7, 11) is 0. The Hall–Kier alpha value is -1.05. The van der Waals surface area contributed by atoms with Crippen LogP contribution in [0, 0.1) is 5.92 Å². The van der Waals surface area contributed by atoms with Crippen LogP contribution in [0.3, 0.4) is 0 Å². The molecule has 2 heteroatoms. The molecule has 0 aliphatic heterocycles. The van der Waals surface area contributed by atoms with Gasteiger partial charge >= 0.3 is 0 Å². The van der Waals surface area contributed by atoms with E-state index in [9.17, 15) is 4.79 Å². The summed E-state index contributed by atoms with van der Waals surface area (Å²) < 4.78 is 0. The Morgan fingerprint density at radius 2 is 2.45 bits per heavy atom. The van der Waals surface area contributed by atoms with Crippen molar-refractivity contribution in [3.8, 4) is 0 Å².